The van der Waals surface area contributed by atoms with Gasteiger partial charge in [-0.3, -0.25) is 4.98 Å². The molecule has 0 fully saturated rings. The molecule has 0 radical (unpaired) electrons. The van der Waals surface area contributed by atoms with Crippen molar-refractivity contribution in [1.82, 2.24) is 4.98 Å². The molecule has 0 aliphatic rings. The number of rotatable bonds is 4. The quantitative estimate of drug-likeness (QED) is 0.710. The highest BCUT2D eigenvalue weighted by molar-refractivity contribution is 5.28. The number of nitrogens with zero attached hydrogens (tertiary/aromatic N) is 1. The van der Waals surface area contributed by atoms with Gasteiger partial charge in [0.2, 0.25) is 0 Å². The monoisotopic (exact) mass is 249 g/mol. The molecular weight excluding hydrogens is 232 g/mol. The van der Waals surface area contributed by atoms with E-state index in [4.69, 9.17) is 0 Å². The van der Waals surface area contributed by atoms with Crippen LogP contribution in [0.15, 0.2) is 53.8 Å². The van der Waals surface area contributed by atoms with Crippen molar-refractivity contribution in [1.29, 1.82) is 0 Å². The van der Waals surface area contributed by atoms with Crippen molar-refractivity contribution in [3.8, 4) is 0 Å². The minimum Gasteiger partial charge on any atom is -0.261 e. The molecule has 0 aliphatic carbocycles. The molecule has 0 unspecified atom stereocenters. The molecule has 1 rings (SSSR count). The first-order chi connectivity index (χ1) is 8.54. The predicted octanol–water partition coefficient (Wildman–Crippen LogP) is 4.61. The van der Waals surface area contributed by atoms with Gasteiger partial charge in [-0.15, -0.1) is 0 Å². The van der Waals surface area contributed by atoms with Crippen LogP contribution in [0.1, 0.15) is 25.1 Å². The normalized spacial score (nSPS) is 13.9. The Kier molecular flexibility index (Phi) is 5.43. The molecule has 0 atom stereocenters. The van der Waals surface area contributed by atoms with Crippen LogP contribution in [-0.2, 0) is 6.42 Å². The Bertz CT molecular complexity index is 499. The van der Waals surface area contributed by atoms with Crippen molar-refractivity contribution in [3.05, 3.63) is 65.0 Å². The minimum absolute atomic E-state index is 0.681. The van der Waals surface area contributed by atoms with E-state index in [0.717, 1.165) is 29.0 Å². The second-order valence-corrected chi connectivity index (χ2v) is 4.09. The van der Waals surface area contributed by atoms with Crippen LogP contribution in [-0.4, -0.2) is 4.98 Å². The zero-order valence-electron chi connectivity index (χ0n) is 10.9. The van der Waals surface area contributed by atoms with Crippen LogP contribution < -0.4 is 0 Å². The third-order valence-electron chi connectivity index (χ3n) is 2.58. The smallest absolute Gasteiger partial charge is 0.158 e. The number of hydrogen-bond donors (Lipinski definition) is 0. The third-order valence-corrected chi connectivity index (χ3v) is 2.58. The Morgan fingerprint density at radius 2 is 2.00 bits per heavy atom. The fraction of sp³-hybridized carbons (Fsp3) is 0.267. The number of hydrogen-bond acceptors (Lipinski definition) is 1. The van der Waals surface area contributed by atoms with Gasteiger partial charge in [0.05, 0.1) is 0 Å². The van der Waals surface area contributed by atoms with Crippen molar-refractivity contribution < 1.29 is 8.78 Å². The molecule has 0 aromatic carbocycles. The number of pyridine rings is 1. The van der Waals surface area contributed by atoms with E-state index in [9.17, 15) is 8.78 Å². The van der Waals surface area contributed by atoms with Crippen molar-refractivity contribution >= 4 is 0 Å². The van der Waals surface area contributed by atoms with Gasteiger partial charge in [0.15, 0.2) is 11.7 Å². The number of aryl methyl sites for hydroxylation is 1. The molecule has 3 heteroatoms. The Labute approximate surface area is 107 Å². The van der Waals surface area contributed by atoms with Crippen LogP contribution in [0.3, 0.4) is 0 Å². The average molecular weight is 249 g/mol. The highest BCUT2D eigenvalue weighted by Gasteiger charge is 2.01. The molecular formula is C15H17F2N. The van der Waals surface area contributed by atoms with Crippen LogP contribution in [0, 0.1) is 6.92 Å². The molecule has 1 aromatic heterocycles. The lowest BCUT2D eigenvalue weighted by Gasteiger charge is -2.04. The third kappa shape index (κ3) is 4.24. The van der Waals surface area contributed by atoms with Gasteiger partial charge in [-0.25, -0.2) is 8.78 Å². The molecule has 96 valence electrons. The fourth-order valence-corrected chi connectivity index (χ4v) is 1.50. The van der Waals surface area contributed by atoms with E-state index in [-0.39, 0.29) is 0 Å². The Morgan fingerprint density at radius 3 is 2.61 bits per heavy atom. The number of halogens is 2. The average Bonchev–Trinajstić information content (AvgIpc) is 2.37. The first-order valence-corrected chi connectivity index (χ1v) is 5.80. The van der Waals surface area contributed by atoms with Gasteiger partial charge < -0.3 is 0 Å². The van der Waals surface area contributed by atoms with Gasteiger partial charge >= 0.3 is 0 Å². The first-order valence-electron chi connectivity index (χ1n) is 5.80. The first kappa shape index (κ1) is 14.3. The molecule has 1 heterocycles. The lowest BCUT2D eigenvalue weighted by atomic mass is 10.1. The van der Waals surface area contributed by atoms with Crippen molar-refractivity contribution in [3.63, 3.8) is 0 Å². The largest absolute Gasteiger partial charge is 0.261 e. The maximum atomic E-state index is 13.1. The van der Waals surface area contributed by atoms with Crippen LogP contribution in [0.4, 0.5) is 8.78 Å². The van der Waals surface area contributed by atoms with E-state index in [2.05, 4.69) is 4.98 Å². The van der Waals surface area contributed by atoms with Crippen molar-refractivity contribution in [2.45, 2.75) is 27.2 Å². The van der Waals surface area contributed by atoms with Crippen molar-refractivity contribution in [2.24, 2.45) is 0 Å². The minimum atomic E-state index is -0.847. The molecule has 0 saturated carbocycles. The van der Waals surface area contributed by atoms with Crippen LogP contribution in [0.2, 0.25) is 0 Å². The molecule has 0 bridgehead atoms. The summed E-state index contributed by atoms with van der Waals surface area (Å²) >= 11 is 0. The molecule has 0 amide bonds. The highest BCUT2D eigenvalue weighted by Crippen LogP contribution is 2.15. The van der Waals surface area contributed by atoms with E-state index in [1.807, 2.05) is 26.0 Å². The van der Waals surface area contributed by atoms with Gasteiger partial charge in [-0.05, 0) is 51.0 Å². The highest BCUT2D eigenvalue weighted by atomic mass is 19.2. The molecule has 0 aliphatic heterocycles. The molecule has 1 nitrogen and oxygen atoms in total. The summed E-state index contributed by atoms with van der Waals surface area (Å²) in [7, 11) is 0. The van der Waals surface area contributed by atoms with Crippen LogP contribution in [0.5, 0.6) is 0 Å². The van der Waals surface area contributed by atoms with Gasteiger partial charge in [-0.2, -0.15) is 0 Å². The van der Waals surface area contributed by atoms with E-state index in [0.29, 0.717) is 6.42 Å². The van der Waals surface area contributed by atoms with Gasteiger partial charge in [0.1, 0.15) is 0 Å². The Balaban J connectivity index is 2.78. The second-order valence-electron chi connectivity index (χ2n) is 4.09. The van der Waals surface area contributed by atoms with E-state index in [1.165, 1.54) is 6.92 Å². The fourth-order valence-electron chi connectivity index (χ4n) is 1.50. The van der Waals surface area contributed by atoms with Crippen LogP contribution in [0.25, 0.3) is 0 Å². The maximum Gasteiger partial charge on any atom is 0.158 e. The van der Waals surface area contributed by atoms with E-state index in [1.54, 1.807) is 12.3 Å². The summed E-state index contributed by atoms with van der Waals surface area (Å²) in [5.41, 5.74) is 2.99. The maximum absolute atomic E-state index is 13.1. The zero-order valence-corrected chi connectivity index (χ0v) is 10.9. The molecule has 1 aromatic rings. The summed E-state index contributed by atoms with van der Waals surface area (Å²) in [6.07, 6.45) is 6.25. The Morgan fingerprint density at radius 1 is 1.28 bits per heavy atom. The number of allylic oxidation sites excluding steroid dienone is 6. The summed E-state index contributed by atoms with van der Waals surface area (Å²) in [4.78, 5) is 4.18. The summed E-state index contributed by atoms with van der Waals surface area (Å²) < 4.78 is 26.0. The Hall–Kier alpha value is -1.77. The molecule has 18 heavy (non-hydrogen) atoms. The molecule has 0 saturated heterocycles. The summed E-state index contributed by atoms with van der Waals surface area (Å²) in [5.74, 6) is -1.68. The van der Waals surface area contributed by atoms with Gasteiger partial charge in [0, 0.05) is 11.9 Å². The van der Waals surface area contributed by atoms with E-state index < -0.39 is 11.7 Å². The lowest BCUT2D eigenvalue weighted by molar-refractivity contribution is 0.544. The summed E-state index contributed by atoms with van der Waals surface area (Å²) in [6, 6.07) is 3.85. The van der Waals surface area contributed by atoms with E-state index >= 15 is 0 Å². The SMILES string of the molecule is C\C=C(F)/C(F)=C\C=C(/C)Cc1cccnc1C. The standard InChI is InChI=1S/C15H17F2N/c1-4-14(16)15(17)8-7-11(2)10-13-6-5-9-18-12(13)3/h4-9H,10H2,1-3H3/b11-7+,14-4+,15-8+. The van der Waals surface area contributed by atoms with Gasteiger partial charge in [0.25, 0.3) is 0 Å². The van der Waals surface area contributed by atoms with Crippen LogP contribution >= 0.6 is 0 Å². The molecule has 0 N–H and O–H groups in total. The predicted molar refractivity (Wildman–Crippen MR) is 70.5 cm³/mol. The second kappa shape index (κ2) is 6.84. The topological polar surface area (TPSA) is 12.9 Å². The van der Waals surface area contributed by atoms with Crippen molar-refractivity contribution in [2.75, 3.05) is 0 Å². The van der Waals surface area contributed by atoms with Gasteiger partial charge in [-0.1, -0.05) is 17.7 Å². The zero-order chi connectivity index (χ0) is 13.5. The summed E-state index contributed by atoms with van der Waals surface area (Å²) in [6.45, 7) is 5.26. The number of aromatic nitrogens is 1. The molecule has 0 spiro atoms. The summed E-state index contributed by atoms with van der Waals surface area (Å²) in [5, 5.41) is 0. The lowest BCUT2D eigenvalue weighted by Crippen LogP contribution is -1.93.